The van der Waals surface area contributed by atoms with Gasteiger partial charge in [-0.1, -0.05) is 41.9 Å². The topological polar surface area (TPSA) is 49.9 Å². The summed E-state index contributed by atoms with van der Waals surface area (Å²) in [6.45, 7) is 6.80. The molecule has 1 aliphatic carbocycles. The van der Waals surface area contributed by atoms with E-state index in [1.54, 1.807) is 0 Å². The molecular formula is C21H25BrN2O3. The van der Waals surface area contributed by atoms with Crippen LogP contribution in [0.2, 0.25) is 0 Å². The van der Waals surface area contributed by atoms with Crippen molar-refractivity contribution in [2.75, 3.05) is 26.3 Å². The third kappa shape index (κ3) is 3.62. The Labute approximate surface area is 168 Å². The van der Waals surface area contributed by atoms with E-state index < -0.39 is 0 Å². The van der Waals surface area contributed by atoms with Gasteiger partial charge in [-0.25, -0.2) is 10.0 Å². The Morgan fingerprint density at radius 2 is 1.89 bits per heavy atom. The van der Waals surface area contributed by atoms with Crippen LogP contribution in [0.3, 0.4) is 0 Å². The quantitative estimate of drug-likeness (QED) is 0.715. The van der Waals surface area contributed by atoms with Crippen LogP contribution in [-0.4, -0.2) is 48.0 Å². The predicted molar refractivity (Wildman–Crippen MR) is 106 cm³/mol. The van der Waals surface area contributed by atoms with Crippen molar-refractivity contribution >= 4 is 27.6 Å². The molecule has 27 heavy (non-hydrogen) atoms. The maximum absolute atomic E-state index is 13.2. The van der Waals surface area contributed by atoms with Crippen LogP contribution in [0.1, 0.15) is 44.6 Å². The number of amides is 1. The normalized spacial score (nSPS) is 26.3. The van der Waals surface area contributed by atoms with E-state index in [0.29, 0.717) is 39.1 Å². The number of nitrogens with zero attached hydrogens (tertiary/aromatic N) is 2. The Hall–Kier alpha value is -1.50. The summed E-state index contributed by atoms with van der Waals surface area (Å²) in [5, 5.41) is 3.87. The van der Waals surface area contributed by atoms with Gasteiger partial charge in [0.15, 0.2) is 5.78 Å². The number of hydrazine groups is 1. The Balaban J connectivity index is 1.82. The van der Waals surface area contributed by atoms with Crippen LogP contribution in [0.4, 0.5) is 0 Å². The largest absolute Gasteiger partial charge is 0.379 e. The van der Waals surface area contributed by atoms with E-state index in [4.69, 9.17) is 4.74 Å². The first kappa shape index (κ1) is 18.8. The van der Waals surface area contributed by atoms with Crippen LogP contribution < -0.4 is 0 Å². The minimum absolute atomic E-state index is 0.0751. The summed E-state index contributed by atoms with van der Waals surface area (Å²) in [7, 11) is 0. The van der Waals surface area contributed by atoms with Crippen LogP contribution in [0.25, 0.3) is 0 Å². The second-order valence-corrected chi connectivity index (χ2v) is 9.30. The van der Waals surface area contributed by atoms with Crippen molar-refractivity contribution in [1.29, 1.82) is 0 Å². The molecule has 0 radical (unpaired) electrons. The number of Topliss-reactive ketones (excluding diaryl/α,β-unsaturated/α-hetero) is 1. The lowest BCUT2D eigenvalue weighted by Gasteiger charge is -2.47. The first-order chi connectivity index (χ1) is 12.9. The molecule has 1 aromatic rings. The number of halogens is 1. The minimum atomic E-state index is -0.161. The molecule has 6 heteroatoms. The molecule has 2 heterocycles. The van der Waals surface area contributed by atoms with Crippen molar-refractivity contribution in [3.8, 4) is 0 Å². The number of hydrogen-bond donors (Lipinski definition) is 0. The monoisotopic (exact) mass is 432 g/mol. The third-order valence-electron chi connectivity index (χ3n) is 5.64. The minimum Gasteiger partial charge on any atom is -0.379 e. The molecule has 4 rings (SSSR count). The number of carbonyl (C=O) groups is 2. The van der Waals surface area contributed by atoms with E-state index in [1.165, 1.54) is 0 Å². The van der Waals surface area contributed by atoms with Crippen LogP contribution in [-0.2, 0) is 14.3 Å². The number of ether oxygens (including phenoxy) is 1. The Bertz CT molecular complexity index is 811. The van der Waals surface area contributed by atoms with E-state index in [0.717, 1.165) is 27.7 Å². The summed E-state index contributed by atoms with van der Waals surface area (Å²) < 4.78 is 6.43. The fourth-order valence-corrected chi connectivity index (χ4v) is 4.91. The zero-order valence-corrected chi connectivity index (χ0v) is 17.4. The van der Waals surface area contributed by atoms with Crippen LogP contribution >= 0.6 is 15.9 Å². The van der Waals surface area contributed by atoms with Gasteiger partial charge >= 0.3 is 0 Å². The lowest BCUT2D eigenvalue weighted by molar-refractivity contribution is -0.154. The average molecular weight is 433 g/mol. The molecule has 1 saturated heterocycles. The van der Waals surface area contributed by atoms with Gasteiger partial charge in [-0.3, -0.25) is 9.59 Å². The number of rotatable bonds is 2. The average Bonchev–Trinajstić information content (AvgIpc) is 2.60. The predicted octanol–water partition coefficient (Wildman–Crippen LogP) is 3.66. The number of ketones is 1. The highest BCUT2D eigenvalue weighted by atomic mass is 79.9. The van der Waals surface area contributed by atoms with Crippen molar-refractivity contribution in [3.63, 3.8) is 0 Å². The molecule has 1 amide bonds. The molecule has 2 aliphatic heterocycles. The van der Waals surface area contributed by atoms with Crippen LogP contribution in [0.15, 0.2) is 40.0 Å². The highest BCUT2D eigenvalue weighted by Gasteiger charge is 2.45. The van der Waals surface area contributed by atoms with Gasteiger partial charge in [0, 0.05) is 47.6 Å². The number of carbonyl (C=O) groups excluding carboxylic acids is 2. The third-order valence-corrected chi connectivity index (χ3v) is 6.13. The molecule has 0 N–H and O–H groups in total. The Morgan fingerprint density at radius 1 is 1.15 bits per heavy atom. The van der Waals surface area contributed by atoms with E-state index in [2.05, 4.69) is 34.8 Å². The van der Waals surface area contributed by atoms with Crippen LogP contribution in [0.5, 0.6) is 0 Å². The first-order valence-corrected chi connectivity index (χ1v) is 10.3. The van der Waals surface area contributed by atoms with E-state index in [-0.39, 0.29) is 23.0 Å². The SMILES string of the molecule is CC1(C)CC(=O)C2=C(C1)N(N1CCOCC1)C(=O)CC2c1cccc(Br)c1. The molecule has 1 atom stereocenters. The van der Waals surface area contributed by atoms with Gasteiger partial charge in [-0.05, 0) is 29.5 Å². The summed E-state index contributed by atoms with van der Waals surface area (Å²) in [4.78, 5) is 26.4. The standard InChI is InChI=1S/C21H25BrN2O3/c1-21(2)12-17-20(18(25)13-21)16(14-4-3-5-15(22)10-14)11-19(26)24(17)23-6-8-27-9-7-23/h3-5,10,16H,6-9,11-13H2,1-2H3. The van der Waals surface area contributed by atoms with Crippen molar-refractivity contribution in [2.45, 2.75) is 39.0 Å². The highest BCUT2D eigenvalue weighted by Crippen LogP contribution is 2.47. The van der Waals surface area contributed by atoms with Crippen molar-refractivity contribution in [2.24, 2.45) is 5.41 Å². The number of allylic oxidation sites excluding steroid dienone is 2. The second kappa shape index (κ2) is 7.15. The molecule has 1 fully saturated rings. The Kier molecular flexibility index (Phi) is 4.99. The van der Waals surface area contributed by atoms with Gasteiger partial charge in [0.05, 0.1) is 13.2 Å². The maximum atomic E-state index is 13.2. The summed E-state index contributed by atoms with van der Waals surface area (Å²) in [6, 6.07) is 7.98. The molecule has 144 valence electrons. The fraction of sp³-hybridized carbons (Fsp3) is 0.524. The van der Waals surface area contributed by atoms with E-state index >= 15 is 0 Å². The second-order valence-electron chi connectivity index (χ2n) is 8.38. The van der Waals surface area contributed by atoms with Crippen LogP contribution in [0, 0.1) is 5.41 Å². The zero-order valence-electron chi connectivity index (χ0n) is 15.8. The zero-order chi connectivity index (χ0) is 19.2. The Morgan fingerprint density at radius 3 is 2.59 bits per heavy atom. The van der Waals surface area contributed by atoms with Crippen molar-refractivity contribution < 1.29 is 14.3 Å². The van der Waals surface area contributed by atoms with Crippen molar-refractivity contribution in [3.05, 3.63) is 45.6 Å². The number of benzene rings is 1. The van der Waals surface area contributed by atoms with Crippen molar-refractivity contribution in [1.82, 2.24) is 10.0 Å². The maximum Gasteiger partial charge on any atom is 0.242 e. The lowest BCUT2D eigenvalue weighted by Crippen LogP contribution is -2.55. The summed E-state index contributed by atoms with van der Waals surface area (Å²) in [5.74, 6) is 0.0917. The van der Waals surface area contributed by atoms with Gasteiger partial charge in [-0.2, -0.15) is 0 Å². The van der Waals surface area contributed by atoms with Gasteiger partial charge in [0.25, 0.3) is 0 Å². The van der Waals surface area contributed by atoms with E-state index in [9.17, 15) is 9.59 Å². The fourth-order valence-electron chi connectivity index (χ4n) is 4.49. The lowest BCUT2D eigenvalue weighted by atomic mass is 9.69. The molecule has 5 nitrogen and oxygen atoms in total. The van der Waals surface area contributed by atoms with Gasteiger partial charge in [0.2, 0.25) is 5.91 Å². The first-order valence-electron chi connectivity index (χ1n) is 9.53. The highest BCUT2D eigenvalue weighted by molar-refractivity contribution is 9.10. The molecule has 0 aromatic heterocycles. The molecule has 3 aliphatic rings. The number of hydrogen-bond acceptors (Lipinski definition) is 4. The number of morpholine rings is 1. The van der Waals surface area contributed by atoms with Gasteiger partial charge < -0.3 is 4.74 Å². The molecule has 1 aromatic carbocycles. The molecule has 1 unspecified atom stereocenters. The summed E-state index contributed by atoms with van der Waals surface area (Å²) >= 11 is 3.52. The van der Waals surface area contributed by atoms with E-state index in [1.807, 2.05) is 29.3 Å². The molecule has 0 saturated carbocycles. The smallest absolute Gasteiger partial charge is 0.242 e. The molecule has 0 spiro atoms. The molecule has 0 bridgehead atoms. The molecular weight excluding hydrogens is 408 g/mol. The summed E-state index contributed by atoms with van der Waals surface area (Å²) in [5.41, 5.74) is 2.62. The summed E-state index contributed by atoms with van der Waals surface area (Å²) in [6.07, 6.45) is 1.60. The van der Waals surface area contributed by atoms with Gasteiger partial charge in [-0.15, -0.1) is 0 Å². The van der Waals surface area contributed by atoms with Gasteiger partial charge in [0.1, 0.15) is 0 Å².